The highest BCUT2D eigenvalue weighted by Crippen LogP contribution is 2.26. The molecule has 25 heavy (non-hydrogen) atoms. The van der Waals surface area contributed by atoms with Crippen LogP contribution in [0.15, 0.2) is 42.5 Å². The Bertz CT molecular complexity index is 774. The smallest absolute Gasteiger partial charge is 0.256 e. The maximum atomic E-state index is 12.6. The van der Waals surface area contributed by atoms with Crippen molar-refractivity contribution in [2.45, 2.75) is 13.0 Å². The number of hydrogen-bond acceptors (Lipinski definition) is 3. The van der Waals surface area contributed by atoms with Crippen molar-refractivity contribution in [1.29, 1.82) is 0 Å². The van der Waals surface area contributed by atoms with Gasteiger partial charge in [-0.2, -0.15) is 0 Å². The molecule has 1 atom stereocenters. The number of rotatable bonds is 3. The van der Waals surface area contributed by atoms with Gasteiger partial charge in [0.05, 0.1) is 0 Å². The summed E-state index contributed by atoms with van der Waals surface area (Å²) in [6, 6.07) is 12.6. The molecule has 132 valence electrons. The van der Waals surface area contributed by atoms with Crippen LogP contribution in [0.4, 0.5) is 5.69 Å². The van der Waals surface area contributed by atoms with Crippen molar-refractivity contribution in [1.82, 2.24) is 4.90 Å². The normalized spacial score (nSPS) is 16.0. The number of carbonyl (C=O) groups excluding carboxylic acids is 1. The molecule has 3 rings (SSSR count). The van der Waals surface area contributed by atoms with E-state index in [-0.39, 0.29) is 5.91 Å². The number of benzene rings is 2. The van der Waals surface area contributed by atoms with Crippen LogP contribution in [0.2, 0.25) is 10.0 Å². The molecule has 1 N–H and O–H groups in total. The van der Waals surface area contributed by atoms with Gasteiger partial charge in [-0.1, -0.05) is 35.3 Å². The summed E-state index contributed by atoms with van der Waals surface area (Å²) < 4.78 is 0. The third kappa shape index (κ3) is 4.09. The molecule has 0 bridgehead atoms. The van der Waals surface area contributed by atoms with E-state index in [4.69, 9.17) is 23.2 Å². The SMILES string of the molecule is Cc1cc(Cl)ccc1N1CCN(C(=O)C(O)c2cccc(Cl)c2)CC1. The van der Waals surface area contributed by atoms with Crippen molar-refractivity contribution in [3.63, 3.8) is 0 Å². The molecule has 0 radical (unpaired) electrons. The van der Waals surface area contributed by atoms with E-state index >= 15 is 0 Å². The maximum Gasteiger partial charge on any atom is 0.256 e. The molecule has 1 heterocycles. The van der Waals surface area contributed by atoms with E-state index in [2.05, 4.69) is 4.90 Å². The fourth-order valence-corrected chi connectivity index (χ4v) is 3.56. The van der Waals surface area contributed by atoms with Gasteiger partial charge in [0.1, 0.15) is 0 Å². The number of carbonyl (C=O) groups is 1. The summed E-state index contributed by atoms with van der Waals surface area (Å²) in [6.07, 6.45) is -1.18. The van der Waals surface area contributed by atoms with Crippen molar-refractivity contribution in [3.05, 3.63) is 63.6 Å². The van der Waals surface area contributed by atoms with Crippen LogP contribution in [0.25, 0.3) is 0 Å². The van der Waals surface area contributed by atoms with Gasteiger partial charge in [-0.05, 0) is 48.4 Å². The zero-order valence-electron chi connectivity index (χ0n) is 14.0. The Morgan fingerprint density at radius 1 is 1.04 bits per heavy atom. The summed E-state index contributed by atoms with van der Waals surface area (Å²) in [7, 11) is 0. The molecule has 0 spiro atoms. The Kier molecular flexibility index (Phi) is 5.52. The Hall–Kier alpha value is -1.75. The van der Waals surface area contributed by atoms with E-state index in [1.54, 1.807) is 29.2 Å². The number of aryl methyl sites for hydroxylation is 1. The van der Waals surface area contributed by atoms with E-state index in [0.29, 0.717) is 23.7 Å². The van der Waals surface area contributed by atoms with Crippen molar-refractivity contribution < 1.29 is 9.90 Å². The monoisotopic (exact) mass is 378 g/mol. The molecule has 0 aromatic heterocycles. The average molecular weight is 379 g/mol. The largest absolute Gasteiger partial charge is 0.378 e. The topological polar surface area (TPSA) is 43.8 Å². The summed E-state index contributed by atoms with van der Waals surface area (Å²) in [5, 5.41) is 11.6. The number of amides is 1. The second kappa shape index (κ2) is 7.65. The van der Waals surface area contributed by atoms with Crippen molar-refractivity contribution in [3.8, 4) is 0 Å². The Morgan fingerprint density at radius 3 is 2.36 bits per heavy atom. The molecule has 1 aliphatic rings. The van der Waals surface area contributed by atoms with Gasteiger partial charge in [-0.3, -0.25) is 4.79 Å². The summed E-state index contributed by atoms with van der Waals surface area (Å²) in [5.41, 5.74) is 2.77. The van der Waals surface area contributed by atoms with Gasteiger partial charge in [0, 0.05) is 41.9 Å². The standard InChI is InChI=1S/C19H20Cl2N2O2/c1-13-11-16(21)5-6-17(13)22-7-9-23(10-8-22)19(25)18(24)14-3-2-4-15(20)12-14/h2-6,11-12,18,24H,7-10H2,1H3. The highest BCUT2D eigenvalue weighted by atomic mass is 35.5. The van der Waals surface area contributed by atoms with Crippen molar-refractivity contribution in [2.75, 3.05) is 31.1 Å². The molecule has 4 nitrogen and oxygen atoms in total. The first-order valence-electron chi connectivity index (χ1n) is 8.19. The predicted octanol–water partition coefficient (Wildman–Crippen LogP) is 3.68. The van der Waals surface area contributed by atoms with Crippen LogP contribution < -0.4 is 4.90 Å². The van der Waals surface area contributed by atoms with E-state index in [1.165, 1.54) is 0 Å². The van der Waals surface area contributed by atoms with E-state index in [9.17, 15) is 9.90 Å². The average Bonchev–Trinajstić information content (AvgIpc) is 2.61. The first-order chi connectivity index (χ1) is 12.0. The number of piperazine rings is 1. The molecular weight excluding hydrogens is 359 g/mol. The first-order valence-corrected chi connectivity index (χ1v) is 8.95. The van der Waals surface area contributed by atoms with Gasteiger partial charge in [0.2, 0.25) is 0 Å². The van der Waals surface area contributed by atoms with Gasteiger partial charge >= 0.3 is 0 Å². The number of hydrogen-bond donors (Lipinski definition) is 1. The molecule has 0 saturated carbocycles. The second-order valence-corrected chi connectivity index (χ2v) is 7.07. The molecule has 6 heteroatoms. The molecule has 1 saturated heterocycles. The Labute approximate surface area is 157 Å². The molecule has 2 aromatic carbocycles. The van der Waals surface area contributed by atoms with E-state index < -0.39 is 6.10 Å². The van der Waals surface area contributed by atoms with Gasteiger partial charge in [-0.25, -0.2) is 0 Å². The van der Waals surface area contributed by atoms with Crippen LogP contribution in [0.5, 0.6) is 0 Å². The van der Waals surface area contributed by atoms with Gasteiger partial charge < -0.3 is 14.9 Å². The van der Waals surface area contributed by atoms with Crippen LogP contribution in [0.1, 0.15) is 17.2 Å². The Morgan fingerprint density at radius 2 is 1.72 bits per heavy atom. The highest BCUT2D eigenvalue weighted by molar-refractivity contribution is 6.31. The lowest BCUT2D eigenvalue weighted by molar-refractivity contribution is -0.140. The Balaban J connectivity index is 1.64. The van der Waals surface area contributed by atoms with Crippen molar-refractivity contribution >= 4 is 34.8 Å². The molecule has 2 aromatic rings. The number of nitrogens with zero attached hydrogens (tertiary/aromatic N) is 2. The first kappa shape index (κ1) is 18.1. The molecule has 1 aliphatic heterocycles. The van der Waals surface area contributed by atoms with Gasteiger partial charge in [-0.15, -0.1) is 0 Å². The molecule has 1 amide bonds. The van der Waals surface area contributed by atoms with Crippen LogP contribution in [0.3, 0.4) is 0 Å². The van der Waals surface area contributed by atoms with Gasteiger partial charge in [0.15, 0.2) is 6.10 Å². The summed E-state index contributed by atoms with van der Waals surface area (Å²) in [5.74, 6) is -0.283. The fourth-order valence-electron chi connectivity index (χ4n) is 3.13. The summed E-state index contributed by atoms with van der Waals surface area (Å²) >= 11 is 12.0. The van der Waals surface area contributed by atoms with Crippen molar-refractivity contribution in [2.24, 2.45) is 0 Å². The molecular formula is C19H20Cl2N2O2. The number of aliphatic hydroxyl groups is 1. The second-order valence-electron chi connectivity index (χ2n) is 6.20. The minimum Gasteiger partial charge on any atom is -0.378 e. The lowest BCUT2D eigenvalue weighted by Crippen LogP contribution is -2.50. The maximum absolute atomic E-state index is 12.6. The minimum atomic E-state index is -1.18. The van der Waals surface area contributed by atoms with Gasteiger partial charge in [0.25, 0.3) is 5.91 Å². The minimum absolute atomic E-state index is 0.283. The number of aliphatic hydroxyl groups excluding tert-OH is 1. The van der Waals surface area contributed by atoms with Crippen LogP contribution in [-0.2, 0) is 4.79 Å². The third-order valence-electron chi connectivity index (χ3n) is 4.49. The lowest BCUT2D eigenvalue weighted by atomic mass is 10.1. The summed E-state index contributed by atoms with van der Waals surface area (Å²) in [4.78, 5) is 16.5. The van der Waals surface area contributed by atoms with Crippen LogP contribution in [-0.4, -0.2) is 42.1 Å². The zero-order chi connectivity index (χ0) is 18.0. The zero-order valence-corrected chi connectivity index (χ0v) is 15.5. The van der Waals surface area contributed by atoms with E-state index in [0.717, 1.165) is 29.4 Å². The molecule has 1 fully saturated rings. The van der Waals surface area contributed by atoms with Crippen LogP contribution >= 0.6 is 23.2 Å². The van der Waals surface area contributed by atoms with Crippen LogP contribution in [0, 0.1) is 6.92 Å². The number of anilines is 1. The fraction of sp³-hybridized carbons (Fsp3) is 0.316. The predicted molar refractivity (Wildman–Crippen MR) is 101 cm³/mol. The van der Waals surface area contributed by atoms with E-state index in [1.807, 2.05) is 25.1 Å². The quantitative estimate of drug-likeness (QED) is 0.885. The third-order valence-corrected chi connectivity index (χ3v) is 4.96. The molecule has 1 unspecified atom stereocenters. The lowest BCUT2D eigenvalue weighted by Gasteiger charge is -2.37. The number of halogens is 2. The summed E-state index contributed by atoms with van der Waals surface area (Å²) in [6.45, 7) is 4.60. The molecule has 0 aliphatic carbocycles. The highest BCUT2D eigenvalue weighted by Gasteiger charge is 2.27.